The summed E-state index contributed by atoms with van der Waals surface area (Å²) in [5.41, 5.74) is 2.24. The highest BCUT2D eigenvalue weighted by Crippen LogP contribution is 2.36. The number of aryl methyl sites for hydroxylation is 1. The van der Waals surface area contributed by atoms with Crippen LogP contribution in [0.1, 0.15) is 68.3 Å². The second kappa shape index (κ2) is 7.84. The number of ether oxygens (including phenoxy) is 1. The number of rotatable bonds is 7. The van der Waals surface area contributed by atoms with Crippen molar-refractivity contribution in [2.24, 2.45) is 0 Å². The van der Waals surface area contributed by atoms with Crippen molar-refractivity contribution in [3.8, 4) is 11.5 Å². The quantitative estimate of drug-likeness (QED) is 0.576. The smallest absolute Gasteiger partial charge is 0.157 e. The molecular formula is C20H28O4. The van der Waals surface area contributed by atoms with Crippen molar-refractivity contribution in [2.75, 3.05) is 6.61 Å². The van der Waals surface area contributed by atoms with Crippen LogP contribution in [-0.4, -0.2) is 28.7 Å². The molecule has 1 aromatic rings. The lowest BCUT2D eigenvalue weighted by molar-refractivity contribution is 0.0800. The predicted molar refractivity (Wildman–Crippen MR) is 94.8 cm³/mol. The lowest BCUT2D eigenvalue weighted by atomic mass is 9.80. The molecule has 0 radical (unpaired) electrons. The van der Waals surface area contributed by atoms with E-state index in [1.807, 2.05) is 6.92 Å². The molecule has 0 aliphatic heterocycles. The number of carbonyl (C=O) groups excluding carboxylic acids is 1. The van der Waals surface area contributed by atoms with Gasteiger partial charge in [0, 0.05) is 0 Å². The van der Waals surface area contributed by atoms with Crippen LogP contribution in [-0.2, 0) is 0 Å². The summed E-state index contributed by atoms with van der Waals surface area (Å²) in [6, 6.07) is 3.45. The van der Waals surface area contributed by atoms with Crippen LogP contribution in [0.5, 0.6) is 11.5 Å². The number of hydrogen-bond acceptors (Lipinski definition) is 4. The van der Waals surface area contributed by atoms with Gasteiger partial charge in [0.15, 0.2) is 6.29 Å². The van der Waals surface area contributed by atoms with E-state index in [1.165, 1.54) is 0 Å². The van der Waals surface area contributed by atoms with E-state index in [2.05, 4.69) is 6.92 Å². The van der Waals surface area contributed by atoms with E-state index >= 15 is 0 Å². The van der Waals surface area contributed by atoms with Crippen LogP contribution < -0.4 is 4.74 Å². The van der Waals surface area contributed by atoms with Crippen molar-refractivity contribution < 1.29 is 19.7 Å². The largest absolute Gasteiger partial charge is 0.507 e. The fourth-order valence-electron chi connectivity index (χ4n) is 3.52. The Bertz CT molecular complexity index is 629. The number of phenols is 1. The summed E-state index contributed by atoms with van der Waals surface area (Å²) in [4.78, 5) is 11.3. The Morgan fingerprint density at radius 3 is 2.67 bits per heavy atom. The average Bonchev–Trinajstić information content (AvgIpc) is 2.56. The maximum atomic E-state index is 11.3. The fourth-order valence-corrected chi connectivity index (χ4v) is 3.52. The molecule has 2 rings (SSSR count). The van der Waals surface area contributed by atoms with E-state index < -0.39 is 5.60 Å². The Morgan fingerprint density at radius 1 is 1.29 bits per heavy atom. The van der Waals surface area contributed by atoms with Gasteiger partial charge in [-0.2, -0.15) is 0 Å². The van der Waals surface area contributed by atoms with Crippen molar-refractivity contribution in [1.29, 1.82) is 0 Å². The lowest BCUT2D eigenvalue weighted by Gasteiger charge is -2.32. The Labute approximate surface area is 144 Å². The van der Waals surface area contributed by atoms with Crippen molar-refractivity contribution in [3.63, 3.8) is 0 Å². The van der Waals surface area contributed by atoms with Crippen LogP contribution in [0.4, 0.5) is 0 Å². The SMILES string of the molecule is CCCC(C)(O)C1=C(COc2ccc(C)c(O)c2C=O)CCCC1. The van der Waals surface area contributed by atoms with Gasteiger partial charge in [-0.1, -0.05) is 19.4 Å². The number of aliphatic hydroxyl groups is 1. The average molecular weight is 332 g/mol. The van der Waals surface area contributed by atoms with E-state index in [-0.39, 0.29) is 11.3 Å². The molecule has 0 heterocycles. The van der Waals surface area contributed by atoms with Gasteiger partial charge in [0.2, 0.25) is 0 Å². The molecule has 0 aromatic heterocycles. The maximum absolute atomic E-state index is 11.3. The highest BCUT2D eigenvalue weighted by atomic mass is 16.5. The van der Waals surface area contributed by atoms with Gasteiger partial charge < -0.3 is 14.9 Å². The van der Waals surface area contributed by atoms with Gasteiger partial charge in [-0.15, -0.1) is 0 Å². The van der Waals surface area contributed by atoms with Crippen LogP contribution >= 0.6 is 0 Å². The summed E-state index contributed by atoms with van der Waals surface area (Å²) in [7, 11) is 0. The molecule has 2 N–H and O–H groups in total. The van der Waals surface area contributed by atoms with Crippen LogP contribution in [0.2, 0.25) is 0 Å². The zero-order valence-corrected chi connectivity index (χ0v) is 14.9. The van der Waals surface area contributed by atoms with Crippen LogP contribution in [0.3, 0.4) is 0 Å². The van der Waals surface area contributed by atoms with Crippen molar-refractivity contribution in [2.45, 2.75) is 64.9 Å². The first-order chi connectivity index (χ1) is 11.4. The molecule has 4 heteroatoms. The van der Waals surface area contributed by atoms with Crippen LogP contribution in [0.15, 0.2) is 23.3 Å². The minimum absolute atomic E-state index is 0.0293. The molecule has 1 aliphatic carbocycles. The van der Waals surface area contributed by atoms with Gasteiger partial charge in [0.25, 0.3) is 0 Å². The molecule has 1 unspecified atom stereocenters. The number of benzene rings is 1. The second-order valence-electron chi connectivity index (χ2n) is 6.86. The van der Waals surface area contributed by atoms with E-state index in [9.17, 15) is 15.0 Å². The van der Waals surface area contributed by atoms with E-state index in [0.717, 1.165) is 49.7 Å². The fraction of sp³-hybridized carbons (Fsp3) is 0.550. The first-order valence-electron chi connectivity index (χ1n) is 8.75. The highest BCUT2D eigenvalue weighted by molar-refractivity contribution is 5.84. The highest BCUT2D eigenvalue weighted by Gasteiger charge is 2.29. The minimum Gasteiger partial charge on any atom is -0.507 e. The summed E-state index contributed by atoms with van der Waals surface area (Å²) in [5, 5.41) is 20.8. The van der Waals surface area contributed by atoms with Crippen molar-refractivity contribution >= 4 is 6.29 Å². The first-order valence-corrected chi connectivity index (χ1v) is 8.75. The topological polar surface area (TPSA) is 66.8 Å². The van der Waals surface area contributed by atoms with E-state index in [4.69, 9.17) is 4.74 Å². The molecule has 0 saturated carbocycles. The number of carbonyl (C=O) groups is 1. The van der Waals surface area contributed by atoms with Gasteiger partial charge >= 0.3 is 0 Å². The van der Waals surface area contributed by atoms with Crippen LogP contribution in [0, 0.1) is 6.92 Å². The van der Waals surface area contributed by atoms with Crippen molar-refractivity contribution in [1.82, 2.24) is 0 Å². The number of aldehydes is 1. The monoisotopic (exact) mass is 332 g/mol. The first kappa shape index (κ1) is 18.5. The summed E-state index contributed by atoms with van der Waals surface area (Å²) in [5.74, 6) is 0.360. The Morgan fingerprint density at radius 2 is 2.00 bits per heavy atom. The predicted octanol–water partition coefficient (Wildman–Crippen LogP) is 4.31. The number of hydrogen-bond donors (Lipinski definition) is 2. The van der Waals surface area contributed by atoms with Crippen molar-refractivity contribution in [3.05, 3.63) is 34.4 Å². The number of phenolic OH excluding ortho intramolecular Hbond substituents is 1. The standard InChI is InChI=1S/C20H28O4/c1-4-11-20(3,23)17-8-6-5-7-15(17)13-24-18-10-9-14(2)19(22)16(18)12-21/h9-10,12,22-23H,4-8,11,13H2,1-3H3. The maximum Gasteiger partial charge on any atom is 0.157 e. The molecule has 0 bridgehead atoms. The summed E-state index contributed by atoms with van der Waals surface area (Å²) < 4.78 is 5.85. The van der Waals surface area contributed by atoms with Gasteiger partial charge in [-0.05, 0) is 68.7 Å². The molecule has 0 spiro atoms. The minimum atomic E-state index is -0.795. The molecule has 0 saturated heterocycles. The Hall–Kier alpha value is -1.81. The molecule has 132 valence electrons. The normalized spacial score (nSPS) is 17.5. The summed E-state index contributed by atoms with van der Waals surface area (Å²) in [6.07, 6.45) is 6.26. The van der Waals surface area contributed by atoms with E-state index in [0.29, 0.717) is 24.2 Å². The molecule has 0 fully saturated rings. The summed E-state index contributed by atoms with van der Waals surface area (Å²) in [6.45, 7) is 6.04. The van der Waals surface area contributed by atoms with Gasteiger partial charge in [0.05, 0.1) is 11.2 Å². The number of aromatic hydroxyl groups is 1. The molecule has 1 atom stereocenters. The third kappa shape index (κ3) is 3.99. The molecular weight excluding hydrogens is 304 g/mol. The molecule has 1 aromatic carbocycles. The zero-order valence-electron chi connectivity index (χ0n) is 14.9. The molecule has 4 nitrogen and oxygen atoms in total. The van der Waals surface area contributed by atoms with E-state index in [1.54, 1.807) is 19.1 Å². The third-order valence-electron chi connectivity index (χ3n) is 4.87. The Kier molecular flexibility index (Phi) is 6.05. The molecule has 1 aliphatic rings. The molecule has 24 heavy (non-hydrogen) atoms. The lowest BCUT2D eigenvalue weighted by Crippen LogP contribution is -2.30. The van der Waals surface area contributed by atoms with Gasteiger partial charge in [0.1, 0.15) is 18.1 Å². The summed E-state index contributed by atoms with van der Waals surface area (Å²) >= 11 is 0. The Balaban J connectivity index is 2.24. The second-order valence-corrected chi connectivity index (χ2v) is 6.86. The molecule has 0 amide bonds. The third-order valence-corrected chi connectivity index (χ3v) is 4.87. The van der Waals surface area contributed by atoms with Crippen LogP contribution in [0.25, 0.3) is 0 Å². The van der Waals surface area contributed by atoms with Gasteiger partial charge in [-0.25, -0.2) is 0 Å². The van der Waals surface area contributed by atoms with Gasteiger partial charge in [-0.3, -0.25) is 4.79 Å². The zero-order chi connectivity index (χ0) is 17.7.